The van der Waals surface area contributed by atoms with Gasteiger partial charge in [-0.15, -0.1) is 0 Å². The monoisotopic (exact) mass is 391 g/mol. The average molecular weight is 392 g/mol. The highest BCUT2D eigenvalue weighted by Gasteiger charge is 2.30. The predicted molar refractivity (Wildman–Crippen MR) is 102 cm³/mol. The quantitative estimate of drug-likeness (QED) is 0.448. The molecule has 0 saturated carbocycles. The maximum absolute atomic E-state index is 12.4. The number of carbonyl (C=O) groups excluding carboxylic acids is 2. The summed E-state index contributed by atoms with van der Waals surface area (Å²) in [5.74, 6) is 0.0818. The maximum atomic E-state index is 12.4. The summed E-state index contributed by atoms with van der Waals surface area (Å²) in [6, 6.07) is 4.41. The fourth-order valence-electron chi connectivity index (χ4n) is 3.59. The molecule has 3 rings (SSSR count). The van der Waals surface area contributed by atoms with E-state index in [0.29, 0.717) is 31.5 Å². The van der Waals surface area contributed by atoms with Crippen LogP contribution in [-0.2, 0) is 9.59 Å². The van der Waals surface area contributed by atoms with Gasteiger partial charge in [-0.25, -0.2) is 0 Å². The highest BCUT2D eigenvalue weighted by molar-refractivity contribution is 6.32. The van der Waals surface area contributed by atoms with Crippen molar-refractivity contribution in [3.63, 3.8) is 0 Å². The van der Waals surface area contributed by atoms with E-state index in [-0.39, 0.29) is 28.4 Å². The van der Waals surface area contributed by atoms with Gasteiger partial charge < -0.3 is 9.80 Å². The van der Waals surface area contributed by atoms with E-state index in [1.807, 2.05) is 4.90 Å². The van der Waals surface area contributed by atoms with E-state index >= 15 is 0 Å². The second kappa shape index (κ2) is 8.52. The number of piperidine rings is 1. The van der Waals surface area contributed by atoms with Crippen LogP contribution in [0.2, 0.25) is 5.02 Å². The zero-order valence-corrected chi connectivity index (χ0v) is 15.7. The summed E-state index contributed by atoms with van der Waals surface area (Å²) in [5, 5.41) is 11.0. The van der Waals surface area contributed by atoms with Crippen molar-refractivity contribution < 1.29 is 14.5 Å². The average Bonchev–Trinajstić information content (AvgIpc) is 3.21. The zero-order chi connectivity index (χ0) is 19.4. The summed E-state index contributed by atoms with van der Waals surface area (Å²) in [6.07, 6.45) is 6.48. The standard InChI is InChI=1S/C19H22ClN3O4/c20-16-5-3-14(13-17(16)23(26)27)4-6-18(24)21-11-7-15(8-12-21)19(25)22-9-1-2-10-22/h3-6,13,15H,1-2,7-12H2. The first-order valence-corrected chi connectivity index (χ1v) is 9.53. The Labute approximate surface area is 162 Å². The van der Waals surface area contributed by atoms with Crippen LogP contribution in [0.5, 0.6) is 0 Å². The molecule has 2 saturated heterocycles. The molecule has 2 amide bonds. The van der Waals surface area contributed by atoms with Gasteiger partial charge in [0.1, 0.15) is 5.02 Å². The number of nitrogens with zero attached hydrogens (tertiary/aromatic N) is 3. The summed E-state index contributed by atoms with van der Waals surface area (Å²) in [7, 11) is 0. The molecule has 144 valence electrons. The van der Waals surface area contributed by atoms with Gasteiger partial charge in [-0.05, 0) is 43.4 Å². The number of hydrogen-bond acceptors (Lipinski definition) is 4. The van der Waals surface area contributed by atoms with Crippen LogP contribution in [0.4, 0.5) is 5.69 Å². The van der Waals surface area contributed by atoms with Gasteiger partial charge in [0, 0.05) is 44.2 Å². The number of rotatable bonds is 4. The summed E-state index contributed by atoms with van der Waals surface area (Å²) >= 11 is 5.79. The topological polar surface area (TPSA) is 83.8 Å². The van der Waals surface area contributed by atoms with Gasteiger partial charge in [0.25, 0.3) is 5.69 Å². The van der Waals surface area contributed by atoms with E-state index in [2.05, 4.69) is 0 Å². The Morgan fingerprint density at radius 3 is 2.41 bits per heavy atom. The van der Waals surface area contributed by atoms with E-state index in [1.165, 1.54) is 18.2 Å². The largest absolute Gasteiger partial charge is 0.342 e. The van der Waals surface area contributed by atoms with Gasteiger partial charge in [-0.2, -0.15) is 0 Å². The molecular weight excluding hydrogens is 370 g/mol. The SMILES string of the molecule is O=C(C=Cc1ccc(Cl)c([N+](=O)[O-])c1)N1CCC(C(=O)N2CCCC2)CC1. The summed E-state index contributed by atoms with van der Waals surface area (Å²) < 4.78 is 0. The van der Waals surface area contributed by atoms with Crippen molar-refractivity contribution in [2.45, 2.75) is 25.7 Å². The third-order valence-electron chi connectivity index (χ3n) is 5.16. The van der Waals surface area contributed by atoms with Gasteiger partial charge in [-0.1, -0.05) is 17.7 Å². The van der Waals surface area contributed by atoms with Crippen LogP contribution in [0.15, 0.2) is 24.3 Å². The molecule has 2 fully saturated rings. The van der Waals surface area contributed by atoms with E-state index in [0.717, 1.165) is 25.9 Å². The van der Waals surface area contributed by atoms with Crippen molar-refractivity contribution in [3.05, 3.63) is 45.0 Å². The Morgan fingerprint density at radius 1 is 1.11 bits per heavy atom. The molecule has 27 heavy (non-hydrogen) atoms. The first kappa shape index (κ1) is 19.4. The maximum Gasteiger partial charge on any atom is 0.288 e. The van der Waals surface area contributed by atoms with Crippen LogP contribution in [0.25, 0.3) is 6.08 Å². The second-order valence-electron chi connectivity index (χ2n) is 6.93. The van der Waals surface area contributed by atoms with Gasteiger partial charge in [0.2, 0.25) is 11.8 Å². The number of hydrogen-bond donors (Lipinski definition) is 0. The van der Waals surface area contributed by atoms with Gasteiger partial charge in [-0.3, -0.25) is 19.7 Å². The molecule has 0 spiro atoms. The third kappa shape index (κ3) is 4.66. The molecule has 7 nitrogen and oxygen atoms in total. The van der Waals surface area contributed by atoms with Crippen LogP contribution in [0.1, 0.15) is 31.2 Å². The van der Waals surface area contributed by atoms with Gasteiger partial charge in [0.05, 0.1) is 4.92 Å². The first-order chi connectivity index (χ1) is 13.0. The van der Waals surface area contributed by atoms with Crippen molar-refractivity contribution in [3.8, 4) is 0 Å². The Hall–Kier alpha value is -2.41. The lowest BCUT2D eigenvalue weighted by Gasteiger charge is -2.32. The molecule has 1 aromatic rings. The Morgan fingerprint density at radius 2 is 1.78 bits per heavy atom. The summed E-state index contributed by atoms with van der Waals surface area (Å²) in [6.45, 7) is 2.81. The number of amides is 2. The molecule has 0 N–H and O–H groups in total. The second-order valence-corrected chi connectivity index (χ2v) is 7.34. The molecule has 2 heterocycles. The number of carbonyl (C=O) groups is 2. The third-order valence-corrected chi connectivity index (χ3v) is 5.48. The number of benzene rings is 1. The van der Waals surface area contributed by atoms with Crippen LogP contribution in [-0.4, -0.2) is 52.7 Å². The van der Waals surface area contributed by atoms with Crippen LogP contribution in [0, 0.1) is 16.0 Å². The smallest absolute Gasteiger partial charge is 0.288 e. The highest BCUT2D eigenvalue weighted by Crippen LogP contribution is 2.26. The van der Waals surface area contributed by atoms with Crippen molar-refractivity contribution in [1.82, 2.24) is 9.80 Å². The molecule has 0 aliphatic carbocycles. The van der Waals surface area contributed by atoms with E-state index in [4.69, 9.17) is 11.6 Å². The van der Waals surface area contributed by atoms with Crippen LogP contribution >= 0.6 is 11.6 Å². The van der Waals surface area contributed by atoms with Crippen molar-refractivity contribution in [1.29, 1.82) is 0 Å². The van der Waals surface area contributed by atoms with Crippen LogP contribution in [0.3, 0.4) is 0 Å². The molecule has 0 unspecified atom stereocenters. The number of nitro groups is 1. The number of likely N-dealkylation sites (tertiary alicyclic amines) is 2. The normalized spacial score (nSPS) is 18.3. The van der Waals surface area contributed by atoms with E-state index < -0.39 is 4.92 Å². The lowest BCUT2D eigenvalue weighted by atomic mass is 9.95. The molecule has 0 bridgehead atoms. The minimum Gasteiger partial charge on any atom is -0.342 e. The van der Waals surface area contributed by atoms with E-state index in [9.17, 15) is 19.7 Å². The highest BCUT2D eigenvalue weighted by atomic mass is 35.5. The minimum atomic E-state index is -0.552. The Kier molecular flexibility index (Phi) is 6.11. The molecule has 1 aromatic carbocycles. The van der Waals surface area contributed by atoms with Crippen LogP contribution < -0.4 is 0 Å². The minimum absolute atomic E-state index is 0.00930. The molecule has 2 aliphatic heterocycles. The molecular formula is C19H22ClN3O4. The van der Waals surface area contributed by atoms with Gasteiger partial charge >= 0.3 is 0 Å². The molecule has 0 atom stereocenters. The molecule has 2 aliphatic rings. The lowest BCUT2D eigenvalue weighted by molar-refractivity contribution is -0.384. The van der Waals surface area contributed by atoms with Crippen molar-refractivity contribution >= 4 is 35.2 Å². The zero-order valence-electron chi connectivity index (χ0n) is 15.0. The number of nitro benzene ring substituents is 1. The Balaban J connectivity index is 1.55. The van der Waals surface area contributed by atoms with Crippen molar-refractivity contribution in [2.75, 3.05) is 26.2 Å². The number of halogens is 1. The molecule has 8 heteroatoms. The van der Waals surface area contributed by atoms with Gasteiger partial charge in [0.15, 0.2) is 0 Å². The first-order valence-electron chi connectivity index (χ1n) is 9.15. The molecule has 0 radical (unpaired) electrons. The summed E-state index contributed by atoms with van der Waals surface area (Å²) in [5.41, 5.74) is 0.353. The Bertz CT molecular complexity index is 766. The lowest BCUT2D eigenvalue weighted by Crippen LogP contribution is -2.43. The van der Waals surface area contributed by atoms with Crippen molar-refractivity contribution in [2.24, 2.45) is 5.92 Å². The predicted octanol–water partition coefficient (Wildman–Crippen LogP) is 3.12. The fraction of sp³-hybridized carbons (Fsp3) is 0.474. The summed E-state index contributed by atoms with van der Waals surface area (Å²) in [4.78, 5) is 38.9. The van der Waals surface area contributed by atoms with E-state index in [1.54, 1.807) is 17.0 Å². The molecule has 0 aromatic heterocycles. The fourth-order valence-corrected chi connectivity index (χ4v) is 3.78.